The third-order valence-electron chi connectivity index (χ3n) is 1.49. The molecule has 0 unspecified atom stereocenters. The molecule has 0 atom stereocenters. The standard InChI is InChI=1S/C9H8N2O2/c1-13-9(12)7-4-2-3-5-8(7)11-6-10/h2-5,10H,1H3. The summed E-state index contributed by atoms with van der Waals surface area (Å²) in [6.45, 7) is 0. The molecule has 0 saturated carbocycles. The molecule has 0 bridgehead atoms. The van der Waals surface area contributed by atoms with E-state index in [1.807, 2.05) is 6.01 Å². The van der Waals surface area contributed by atoms with Crippen LogP contribution in [0.25, 0.3) is 0 Å². The van der Waals surface area contributed by atoms with Crippen molar-refractivity contribution in [1.82, 2.24) is 0 Å². The highest BCUT2D eigenvalue weighted by atomic mass is 16.5. The Hall–Kier alpha value is -1.93. The van der Waals surface area contributed by atoms with Crippen molar-refractivity contribution in [3.05, 3.63) is 29.8 Å². The van der Waals surface area contributed by atoms with Gasteiger partial charge in [-0.3, -0.25) is 0 Å². The quantitative estimate of drug-likeness (QED) is 0.552. The summed E-state index contributed by atoms with van der Waals surface area (Å²) in [6, 6.07) is 8.50. The van der Waals surface area contributed by atoms with Crippen molar-refractivity contribution < 1.29 is 9.53 Å². The Bertz CT molecular complexity index is 368. The highest BCUT2D eigenvalue weighted by Gasteiger charge is 2.09. The summed E-state index contributed by atoms with van der Waals surface area (Å²) in [6.07, 6.45) is 0. The lowest BCUT2D eigenvalue weighted by molar-refractivity contribution is 0.0602. The van der Waals surface area contributed by atoms with Crippen LogP contribution in [0, 0.1) is 5.41 Å². The molecule has 4 nitrogen and oxygen atoms in total. The molecule has 0 amide bonds. The fourth-order valence-electron chi connectivity index (χ4n) is 0.914. The molecule has 0 radical (unpaired) electrons. The maximum atomic E-state index is 11.1. The maximum Gasteiger partial charge on any atom is 0.340 e. The van der Waals surface area contributed by atoms with Gasteiger partial charge >= 0.3 is 5.97 Å². The first kappa shape index (κ1) is 9.16. The second-order valence-electron chi connectivity index (χ2n) is 2.23. The first-order chi connectivity index (χ1) is 6.29. The van der Waals surface area contributed by atoms with E-state index in [9.17, 15) is 4.79 Å². The fraction of sp³-hybridized carbons (Fsp3) is 0.111. The van der Waals surface area contributed by atoms with Gasteiger partial charge in [-0.1, -0.05) is 12.1 Å². The normalized spacial score (nSPS) is 8.69. The van der Waals surface area contributed by atoms with Crippen molar-refractivity contribution >= 4 is 17.7 Å². The van der Waals surface area contributed by atoms with E-state index in [-0.39, 0.29) is 0 Å². The molecule has 0 aliphatic heterocycles. The minimum atomic E-state index is -0.463. The molecule has 0 aromatic heterocycles. The van der Waals surface area contributed by atoms with E-state index in [0.29, 0.717) is 11.3 Å². The Morgan fingerprint density at radius 1 is 1.54 bits per heavy atom. The third-order valence-corrected chi connectivity index (χ3v) is 1.49. The largest absolute Gasteiger partial charge is 0.465 e. The molecule has 66 valence electrons. The van der Waals surface area contributed by atoms with Crippen molar-refractivity contribution in [3.63, 3.8) is 0 Å². The Morgan fingerprint density at radius 2 is 2.23 bits per heavy atom. The zero-order valence-electron chi connectivity index (χ0n) is 7.07. The van der Waals surface area contributed by atoms with Crippen LogP contribution in [0.15, 0.2) is 29.3 Å². The summed E-state index contributed by atoms with van der Waals surface area (Å²) in [5, 5.41) is 6.67. The molecule has 1 N–H and O–H groups in total. The van der Waals surface area contributed by atoms with Gasteiger partial charge in [0, 0.05) is 0 Å². The number of aliphatic imine (C=N–C) groups is 1. The molecule has 0 spiro atoms. The van der Waals surface area contributed by atoms with E-state index in [1.54, 1.807) is 24.3 Å². The average Bonchev–Trinajstić information content (AvgIpc) is 2.18. The number of methoxy groups -OCH3 is 1. The van der Waals surface area contributed by atoms with Crippen molar-refractivity contribution in [2.24, 2.45) is 4.99 Å². The highest BCUT2D eigenvalue weighted by molar-refractivity contribution is 5.95. The van der Waals surface area contributed by atoms with Crippen LogP contribution in [-0.4, -0.2) is 19.1 Å². The molecule has 0 saturated heterocycles. The van der Waals surface area contributed by atoms with Gasteiger partial charge in [-0.2, -0.15) is 4.99 Å². The number of nitrogens with one attached hydrogen (secondary N) is 1. The number of para-hydroxylation sites is 1. The van der Waals surface area contributed by atoms with Crippen LogP contribution in [-0.2, 0) is 4.74 Å². The molecule has 13 heavy (non-hydrogen) atoms. The van der Waals surface area contributed by atoms with E-state index in [4.69, 9.17) is 5.41 Å². The number of nitrogens with zero attached hydrogens (tertiary/aromatic N) is 1. The second kappa shape index (κ2) is 4.18. The molecule has 0 aliphatic rings. The van der Waals surface area contributed by atoms with Crippen LogP contribution in [0.5, 0.6) is 0 Å². The summed E-state index contributed by atoms with van der Waals surface area (Å²) in [5.41, 5.74) is 0.731. The highest BCUT2D eigenvalue weighted by Crippen LogP contribution is 2.18. The lowest BCUT2D eigenvalue weighted by atomic mass is 10.2. The van der Waals surface area contributed by atoms with Gasteiger partial charge in [0.2, 0.25) is 0 Å². The summed E-state index contributed by atoms with van der Waals surface area (Å²) < 4.78 is 4.54. The van der Waals surface area contributed by atoms with Crippen molar-refractivity contribution in [1.29, 1.82) is 5.41 Å². The number of esters is 1. The lowest BCUT2D eigenvalue weighted by Gasteiger charge is -2.00. The van der Waals surface area contributed by atoms with Gasteiger partial charge in [0.25, 0.3) is 0 Å². The van der Waals surface area contributed by atoms with Crippen molar-refractivity contribution in [2.75, 3.05) is 7.11 Å². The van der Waals surface area contributed by atoms with Crippen molar-refractivity contribution in [2.45, 2.75) is 0 Å². The molecule has 0 fully saturated rings. The van der Waals surface area contributed by atoms with E-state index >= 15 is 0 Å². The number of hydrogen-bond donors (Lipinski definition) is 1. The number of carbonyl (C=O) groups is 1. The SMILES string of the molecule is COC(=O)c1ccccc1N=C=N. The topological polar surface area (TPSA) is 62.5 Å². The first-order valence-corrected chi connectivity index (χ1v) is 3.59. The van der Waals surface area contributed by atoms with Crippen LogP contribution in [0.2, 0.25) is 0 Å². The van der Waals surface area contributed by atoms with Crippen LogP contribution < -0.4 is 0 Å². The third kappa shape index (κ3) is 2.01. The molecular formula is C9H8N2O2. The van der Waals surface area contributed by atoms with E-state index in [2.05, 4.69) is 9.73 Å². The Morgan fingerprint density at radius 3 is 2.85 bits per heavy atom. The monoisotopic (exact) mass is 176 g/mol. The summed E-state index contributed by atoms with van der Waals surface area (Å²) in [5.74, 6) is -0.463. The molecule has 4 heteroatoms. The zero-order valence-corrected chi connectivity index (χ0v) is 7.07. The number of carbonyl (C=O) groups excluding carboxylic acids is 1. The van der Waals surface area contributed by atoms with Gasteiger partial charge in [-0.25, -0.2) is 10.2 Å². The minimum absolute atomic E-state index is 0.338. The second-order valence-corrected chi connectivity index (χ2v) is 2.23. The van der Waals surface area contributed by atoms with Gasteiger partial charge in [-0.05, 0) is 12.1 Å². The Labute approximate surface area is 75.4 Å². The number of rotatable bonds is 2. The van der Waals surface area contributed by atoms with Gasteiger partial charge in [-0.15, -0.1) is 0 Å². The summed E-state index contributed by atoms with van der Waals surface area (Å²) in [7, 11) is 1.30. The van der Waals surface area contributed by atoms with Crippen LogP contribution in [0.3, 0.4) is 0 Å². The van der Waals surface area contributed by atoms with Gasteiger partial charge in [0.05, 0.1) is 24.4 Å². The lowest BCUT2D eigenvalue weighted by Crippen LogP contribution is -2.00. The minimum Gasteiger partial charge on any atom is -0.465 e. The summed E-state index contributed by atoms with van der Waals surface area (Å²) >= 11 is 0. The zero-order chi connectivity index (χ0) is 9.68. The smallest absolute Gasteiger partial charge is 0.340 e. The number of ether oxygens (including phenoxy) is 1. The predicted molar refractivity (Wildman–Crippen MR) is 47.6 cm³/mol. The predicted octanol–water partition coefficient (Wildman–Crippen LogP) is 1.86. The Balaban J connectivity index is 3.18. The number of hydrogen-bond acceptors (Lipinski definition) is 4. The van der Waals surface area contributed by atoms with Gasteiger partial charge in [0.1, 0.15) is 0 Å². The maximum absolute atomic E-state index is 11.1. The summed E-state index contributed by atoms with van der Waals surface area (Å²) in [4.78, 5) is 14.7. The van der Waals surface area contributed by atoms with Crippen LogP contribution in [0.1, 0.15) is 10.4 Å². The Kier molecular flexibility index (Phi) is 2.95. The van der Waals surface area contributed by atoms with Crippen LogP contribution in [0.4, 0.5) is 5.69 Å². The first-order valence-electron chi connectivity index (χ1n) is 3.59. The molecular weight excluding hydrogens is 168 g/mol. The molecule has 1 rings (SSSR count). The average molecular weight is 176 g/mol. The van der Waals surface area contributed by atoms with Gasteiger partial charge < -0.3 is 4.74 Å². The fourth-order valence-corrected chi connectivity index (χ4v) is 0.914. The van der Waals surface area contributed by atoms with Crippen molar-refractivity contribution in [3.8, 4) is 0 Å². The molecule has 0 aliphatic carbocycles. The van der Waals surface area contributed by atoms with E-state index in [0.717, 1.165) is 0 Å². The molecule has 1 aromatic carbocycles. The molecule has 1 aromatic rings. The van der Waals surface area contributed by atoms with E-state index < -0.39 is 5.97 Å². The number of benzene rings is 1. The van der Waals surface area contributed by atoms with E-state index in [1.165, 1.54) is 7.11 Å². The van der Waals surface area contributed by atoms with Crippen LogP contribution >= 0.6 is 0 Å². The molecule has 0 heterocycles. The van der Waals surface area contributed by atoms with Gasteiger partial charge in [0.15, 0.2) is 0 Å².